The molecule has 0 bridgehead atoms. The van der Waals surface area contributed by atoms with Crippen molar-refractivity contribution in [3.63, 3.8) is 0 Å². The summed E-state index contributed by atoms with van der Waals surface area (Å²) in [4.78, 5) is 11.2. The van der Waals surface area contributed by atoms with E-state index in [9.17, 15) is 4.79 Å². The highest BCUT2D eigenvalue weighted by molar-refractivity contribution is 5.95. The van der Waals surface area contributed by atoms with Crippen molar-refractivity contribution in [2.24, 2.45) is 7.05 Å². The number of nitrogens with zero attached hydrogens (tertiary/aromatic N) is 3. The largest absolute Gasteiger partial charge is 0.497 e. The van der Waals surface area contributed by atoms with Gasteiger partial charge in [0, 0.05) is 12.6 Å². The summed E-state index contributed by atoms with van der Waals surface area (Å²) < 4.78 is 6.53. The van der Waals surface area contributed by atoms with Crippen molar-refractivity contribution >= 4 is 5.97 Å². The SMILES string of the molecule is COc1ccc(-c2cnnn2C)c(C(=O)O)c1. The molecule has 0 saturated heterocycles. The molecule has 0 unspecified atom stereocenters. The highest BCUT2D eigenvalue weighted by atomic mass is 16.5. The van der Waals surface area contributed by atoms with Crippen LogP contribution in [0.5, 0.6) is 5.75 Å². The van der Waals surface area contributed by atoms with Crippen molar-refractivity contribution < 1.29 is 14.6 Å². The van der Waals surface area contributed by atoms with Gasteiger partial charge in [0.2, 0.25) is 0 Å². The summed E-state index contributed by atoms with van der Waals surface area (Å²) in [6.07, 6.45) is 1.52. The third kappa shape index (κ3) is 1.96. The van der Waals surface area contributed by atoms with E-state index in [4.69, 9.17) is 9.84 Å². The normalized spacial score (nSPS) is 10.2. The summed E-state index contributed by atoms with van der Waals surface area (Å²) in [6, 6.07) is 4.86. The van der Waals surface area contributed by atoms with Gasteiger partial charge in [-0.15, -0.1) is 5.10 Å². The summed E-state index contributed by atoms with van der Waals surface area (Å²) in [6.45, 7) is 0. The van der Waals surface area contributed by atoms with Crippen LogP contribution in [0.3, 0.4) is 0 Å². The van der Waals surface area contributed by atoms with Gasteiger partial charge in [-0.05, 0) is 18.2 Å². The molecule has 0 fully saturated rings. The summed E-state index contributed by atoms with van der Waals surface area (Å²) in [5.74, 6) is -0.513. The predicted molar refractivity (Wildman–Crippen MR) is 60.0 cm³/mol. The number of benzene rings is 1. The number of aromatic nitrogens is 3. The number of hydrogen-bond donors (Lipinski definition) is 1. The lowest BCUT2D eigenvalue weighted by atomic mass is 10.0. The Bertz CT molecular complexity index is 563. The number of carboxylic acid groups (broad SMARTS) is 1. The lowest BCUT2D eigenvalue weighted by molar-refractivity contribution is 0.0697. The van der Waals surface area contributed by atoms with Gasteiger partial charge in [-0.2, -0.15) is 0 Å². The van der Waals surface area contributed by atoms with Crippen LogP contribution in [0.25, 0.3) is 11.3 Å². The van der Waals surface area contributed by atoms with E-state index in [2.05, 4.69) is 10.3 Å². The molecule has 88 valence electrons. The number of aryl methyl sites for hydroxylation is 1. The lowest BCUT2D eigenvalue weighted by Crippen LogP contribution is -2.03. The second kappa shape index (κ2) is 4.25. The van der Waals surface area contributed by atoms with E-state index in [0.717, 1.165) is 0 Å². The number of rotatable bonds is 3. The summed E-state index contributed by atoms with van der Waals surface area (Å²) >= 11 is 0. The second-order valence-electron chi connectivity index (χ2n) is 3.46. The molecule has 0 atom stereocenters. The fourth-order valence-corrected chi connectivity index (χ4v) is 1.58. The Kier molecular flexibility index (Phi) is 2.78. The molecule has 0 aliphatic heterocycles. The molecule has 6 nitrogen and oxygen atoms in total. The molecule has 1 N–H and O–H groups in total. The van der Waals surface area contributed by atoms with E-state index in [1.165, 1.54) is 24.1 Å². The van der Waals surface area contributed by atoms with E-state index >= 15 is 0 Å². The van der Waals surface area contributed by atoms with Crippen molar-refractivity contribution in [1.29, 1.82) is 0 Å². The molecular weight excluding hydrogens is 222 g/mol. The first-order valence-electron chi connectivity index (χ1n) is 4.90. The Balaban J connectivity index is 2.62. The number of ether oxygens (including phenoxy) is 1. The molecule has 2 aromatic rings. The van der Waals surface area contributed by atoms with Crippen LogP contribution in [0.1, 0.15) is 10.4 Å². The Morgan fingerprint density at radius 1 is 1.47 bits per heavy atom. The quantitative estimate of drug-likeness (QED) is 0.861. The molecule has 0 amide bonds. The van der Waals surface area contributed by atoms with Gasteiger partial charge in [-0.3, -0.25) is 0 Å². The van der Waals surface area contributed by atoms with Gasteiger partial charge in [-0.1, -0.05) is 5.21 Å². The Labute approximate surface area is 97.4 Å². The minimum absolute atomic E-state index is 0.162. The third-order valence-corrected chi connectivity index (χ3v) is 2.45. The molecular formula is C11H11N3O3. The Hall–Kier alpha value is -2.37. The van der Waals surface area contributed by atoms with Crippen molar-refractivity contribution in [2.75, 3.05) is 7.11 Å². The minimum Gasteiger partial charge on any atom is -0.497 e. The van der Waals surface area contributed by atoms with E-state index < -0.39 is 5.97 Å². The van der Waals surface area contributed by atoms with Gasteiger partial charge in [0.15, 0.2) is 0 Å². The smallest absolute Gasteiger partial charge is 0.336 e. The average molecular weight is 233 g/mol. The van der Waals surface area contributed by atoms with Gasteiger partial charge < -0.3 is 9.84 Å². The van der Waals surface area contributed by atoms with Crippen molar-refractivity contribution in [3.8, 4) is 17.0 Å². The van der Waals surface area contributed by atoms with Crippen molar-refractivity contribution in [2.45, 2.75) is 0 Å². The highest BCUT2D eigenvalue weighted by Gasteiger charge is 2.15. The van der Waals surface area contributed by atoms with Gasteiger partial charge in [0.25, 0.3) is 0 Å². The van der Waals surface area contributed by atoms with Gasteiger partial charge in [0.05, 0.1) is 24.6 Å². The third-order valence-electron chi connectivity index (χ3n) is 2.45. The zero-order valence-corrected chi connectivity index (χ0v) is 9.41. The van der Waals surface area contributed by atoms with E-state index in [1.54, 1.807) is 19.2 Å². The first-order chi connectivity index (χ1) is 8.13. The minimum atomic E-state index is -1.01. The van der Waals surface area contributed by atoms with Gasteiger partial charge in [-0.25, -0.2) is 9.48 Å². The van der Waals surface area contributed by atoms with Crippen LogP contribution in [0.15, 0.2) is 24.4 Å². The maximum absolute atomic E-state index is 11.2. The van der Waals surface area contributed by atoms with E-state index in [1.807, 2.05) is 0 Å². The Morgan fingerprint density at radius 2 is 2.24 bits per heavy atom. The number of carbonyl (C=O) groups is 1. The highest BCUT2D eigenvalue weighted by Crippen LogP contribution is 2.26. The predicted octanol–water partition coefficient (Wildman–Crippen LogP) is 1.19. The first kappa shape index (κ1) is 11.1. The fourth-order valence-electron chi connectivity index (χ4n) is 1.58. The van der Waals surface area contributed by atoms with Crippen molar-refractivity contribution in [3.05, 3.63) is 30.0 Å². The molecule has 0 aliphatic rings. The molecule has 0 radical (unpaired) electrons. The van der Waals surface area contributed by atoms with E-state index in [0.29, 0.717) is 17.0 Å². The van der Waals surface area contributed by atoms with Crippen molar-refractivity contribution in [1.82, 2.24) is 15.0 Å². The number of carboxylic acids is 1. The number of aromatic carboxylic acids is 1. The second-order valence-corrected chi connectivity index (χ2v) is 3.46. The molecule has 2 rings (SSSR count). The topological polar surface area (TPSA) is 77.2 Å². The molecule has 0 saturated carbocycles. The summed E-state index contributed by atoms with van der Waals surface area (Å²) in [7, 11) is 3.20. The van der Waals surface area contributed by atoms with Gasteiger partial charge >= 0.3 is 5.97 Å². The standard InChI is InChI=1S/C11H11N3O3/c1-14-10(6-12-13-14)8-4-3-7(17-2)5-9(8)11(15)16/h3-6H,1-2H3,(H,15,16). The van der Waals surface area contributed by atoms with Crippen LogP contribution in [0, 0.1) is 0 Å². The van der Waals surface area contributed by atoms with Crippen LogP contribution in [0.4, 0.5) is 0 Å². The Morgan fingerprint density at radius 3 is 2.76 bits per heavy atom. The van der Waals surface area contributed by atoms with Gasteiger partial charge in [0.1, 0.15) is 5.75 Å². The summed E-state index contributed by atoms with van der Waals surface area (Å²) in [5.41, 5.74) is 1.37. The average Bonchev–Trinajstić information content (AvgIpc) is 2.74. The van der Waals surface area contributed by atoms with Crippen LogP contribution in [0.2, 0.25) is 0 Å². The van der Waals surface area contributed by atoms with Crippen LogP contribution in [-0.4, -0.2) is 33.2 Å². The van der Waals surface area contributed by atoms with Crippen LogP contribution >= 0.6 is 0 Å². The molecule has 1 heterocycles. The molecule has 17 heavy (non-hydrogen) atoms. The van der Waals surface area contributed by atoms with E-state index in [-0.39, 0.29) is 5.56 Å². The van der Waals surface area contributed by atoms with Crippen LogP contribution < -0.4 is 4.74 Å². The number of hydrogen-bond acceptors (Lipinski definition) is 4. The monoisotopic (exact) mass is 233 g/mol. The maximum Gasteiger partial charge on any atom is 0.336 e. The van der Waals surface area contributed by atoms with Crippen LogP contribution in [-0.2, 0) is 7.05 Å². The molecule has 0 aliphatic carbocycles. The first-order valence-corrected chi connectivity index (χ1v) is 4.90. The summed E-state index contributed by atoms with van der Waals surface area (Å²) in [5, 5.41) is 16.7. The molecule has 0 spiro atoms. The maximum atomic E-state index is 11.2. The lowest BCUT2D eigenvalue weighted by Gasteiger charge is -2.07. The zero-order valence-electron chi connectivity index (χ0n) is 9.41. The molecule has 1 aromatic heterocycles. The zero-order chi connectivity index (χ0) is 12.4. The molecule has 6 heteroatoms. The fraction of sp³-hybridized carbons (Fsp3) is 0.182. The molecule has 1 aromatic carbocycles. The number of methoxy groups -OCH3 is 1.